The van der Waals surface area contributed by atoms with Crippen molar-refractivity contribution in [2.45, 2.75) is 5.92 Å². The lowest BCUT2D eigenvalue weighted by atomic mass is 9.92. The summed E-state index contributed by atoms with van der Waals surface area (Å²) in [5.41, 5.74) is 2.35. The molecule has 0 bridgehead atoms. The number of hydrogen-bond donors (Lipinski definition) is 0. The molecule has 1 nitrogen and oxygen atoms in total. The number of benzene rings is 2. The van der Waals surface area contributed by atoms with Crippen LogP contribution in [0.3, 0.4) is 0 Å². The van der Waals surface area contributed by atoms with Gasteiger partial charge in [-0.05, 0) is 23.6 Å². The minimum atomic E-state index is 0.269. The maximum atomic E-state index is 6.11. The van der Waals surface area contributed by atoms with E-state index >= 15 is 0 Å². The second kappa shape index (κ2) is 5.23. The smallest absolute Gasteiger partial charge is 0.131 e. The molecular formula is C19H14OS. The number of rotatable bonds is 2. The van der Waals surface area contributed by atoms with E-state index in [0.29, 0.717) is 0 Å². The molecule has 1 unspecified atom stereocenters. The van der Waals surface area contributed by atoms with Gasteiger partial charge in [0.25, 0.3) is 0 Å². The monoisotopic (exact) mass is 290 g/mol. The molecule has 0 aliphatic carbocycles. The van der Waals surface area contributed by atoms with E-state index in [1.807, 2.05) is 30.3 Å². The van der Waals surface area contributed by atoms with Gasteiger partial charge in [-0.2, -0.15) is 0 Å². The fraction of sp³-hybridized carbons (Fsp3) is 0.0526. The van der Waals surface area contributed by atoms with Crippen molar-refractivity contribution in [3.63, 3.8) is 0 Å². The Bertz CT molecular complexity index is 772. The fourth-order valence-electron chi connectivity index (χ4n) is 2.69. The molecule has 2 heteroatoms. The molecule has 0 radical (unpaired) electrons. The SMILES string of the molecule is C1=C(c2ccccc2)Oc2ccccc2C1c1cccs1. The highest BCUT2D eigenvalue weighted by molar-refractivity contribution is 7.10. The molecule has 2 aromatic carbocycles. The van der Waals surface area contributed by atoms with Crippen LogP contribution < -0.4 is 4.74 Å². The van der Waals surface area contributed by atoms with Gasteiger partial charge >= 0.3 is 0 Å². The molecule has 0 N–H and O–H groups in total. The zero-order chi connectivity index (χ0) is 14.1. The van der Waals surface area contributed by atoms with Gasteiger partial charge in [0.1, 0.15) is 11.5 Å². The highest BCUT2D eigenvalue weighted by atomic mass is 32.1. The van der Waals surface area contributed by atoms with E-state index in [1.54, 1.807) is 11.3 Å². The van der Waals surface area contributed by atoms with Gasteiger partial charge in [-0.15, -0.1) is 11.3 Å². The Morgan fingerprint density at radius 1 is 0.810 bits per heavy atom. The molecule has 1 atom stereocenters. The minimum Gasteiger partial charge on any atom is -0.457 e. The van der Waals surface area contributed by atoms with Crippen LogP contribution in [0.2, 0.25) is 0 Å². The fourth-order valence-corrected chi connectivity index (χ4v) is 3.50. The van der Waals surface area contributed by atoms with Crippen LogP contribution in [0.5, 0.6) is 5.75 Å². The summed E-state index contributed by atoms with van der Waals surface area (Å²) >= 11 is 1.79. The average molecular weight is 290 g/mol. The molecule has 0 saturated carbocycles. The first kappa shape index (κ1) is 12.4. The van der Waals surface area contributed by atoms with Gasteiger partial charge in [-0.25, -0.2) is 0 Å². The molecule has 0 spiro atoms. The van der Waals surface area contributed by atoms with Crippen molar-refractivity contribution in [2.24, 2.45) is 0 Å². The number of allylic oxidation sites excluding steroid dienone is 1. The Hall–Kier alpha value is -2.32. The standard InChI is InChI=1S/C19H14OS/c1-2-7-14(8-3-1)18-13-16(19-11-6-12-21-19)15-9-4-5-10-17(15)20-18/h1-13,16H. The van der Waals surface area contributed by atoms with E-state index in [1.165, 1.54) is 10.4 Å². The summed E-state index contributed by atoms with van der Waals surface area (Å²) in [6.07, 6.45) is 2.23. The van der Waals surface area contributed by atoms with Crippen molar-refractivity contribution >= 4 is 17.1 Å². The van der Waals surface area contributed by atoms with Crippen molar-refractivity contribution in [3.8, 4) is 5.75 Å². The summed E-state index contributed by atoms with van der Waals surface area (Å²) in [5, 5.41) is 2.13. The van der Waals surface area contributed by atoms with Gasteiger partial charge in [-0.3, -0.25) is 0 Å². The molecule has 1 aromatic heterocycles. The second-order valence-corrected chi connectivity index (χ2v) is 6.01. The van der Waals surface area contributed by atoms with E-state index in [9.17, 15) is 0 Å². The van der Waals surface area contributed by atoms with Gasteiger partial charge in [0.05, 0.1) is 0 Å². The molecule has 0 amide bonds. The van der Waals surface area contributed by atoms with Crippen LogP contribution in [-0.4, -0.2) is 0 Å². The van der Waals surface area contributed by atoms with Gasteiger partial charge in [0.15, 0.2) is 0 Å². The maximum Gasteiger partial charge on any atom is 0.131 e. The first-order valence-corrected chi connectivity index (χ1v) is 7.87. The molecule has 1 aliphatic heterocycles. The molecule has 21 heavy (non-hydrogen) atoms. The Morgan fingerprint density at radius 2 is 1.62 bits per heavy atom. The second-order valence-electron chi connectivity index (χ2n) is 5.03. The molecule has 3 aromatic rings. The predicted molar refractivity (Wildman–Crippen MR) is 87.7 cm³/mol. The highest BCUT2D eigenvalue weighted by Gasteiger charge is 2.24. The number of para-hydroxylation sites is 1. The topological polar surface area (TPSA) is 9.23 Å². The van der Waals surface area contributed by atoms with Gasteiger partial charge in [0.2, 0.25) is 0 Å². The third-order valence-electron chi connectivity index (χ3n) is 3.70. The zero-order valence-corrected chi connectivity index (χ0v) is 12.2. The highest BCUT2D eigenvalue weighted by Crippen LogP contribution is 2.41. The van der Waals surface area contributed by atoms with E-state index in [0.717, 1.165) is 17.1 Å². The van der Waals surface area contributed by atoms with E-state index in [4.69, 9.17) is 4.74 Å². The average Bonchev–Trinajstić information content (AvgIpc) is 3.09. The van der Waals surface area contributed by atoms with Crippen LogP contribution in [0.25, 0.3) is 5.76 Å². The summed E-state index contributed by atoms with van der Waals surface area (Å²) in [4.78, 5) is 1.35. The molecule has 0 saturated heterocycles. The van der Waals surface area contributed by atoms with Crippen molar-refractivity contribution in [2.75, 3.05) is 0 Å². The summed E-state index contributed by atoms with van der Waals surface area (Å²) < 4.78 is 6.11. The molecule has 102 valence electrons. The van der Waals surface area contributed by atoms with Crippen molar-refractivity contribution in [1.82, 2.24) is 0 Å². The number of hydrogen-bond acceptors (Lipinski definition) is 2. The van der Waals surface area contributed by atoms with Crippen LogP contribution >= 0.6 is 11.3 Å². The number of thiophene rings is 1. The first-order chi connectivity index (χ1) is 10.4. The Morgan fingerprint density at radius 3 is 2.43 bits per heavy atom. The lowest BCUT2D eigenvalue weighted by molar-refractivity contribution is 0.493. The zero-order valence-electron chi connectivity index (χ0n) is 11.4. The maximum absolute atomic E-state index is 6.11. The molecule has 2 heterocycles. The summed E-state index contributed by atoms with van der Waals surface area (Å²) in [6.45, 7) is 0. The van der Waals surface area contributed by atoms with Gasteiger partial charge in [0, 0.05) is 21.9 Å². The normalized spacial score (nSPS) is 16.8. The summed E-state index contributed by atoms with van der Waals surface area (Å²) in [6, 6.07) is 22.9. The third-order valence-corrected chi connectivity index (χ3v) is 4.66. The van der Waals surface area contributed by atoms with Crippen molar-refractivity contribution in [3.05, 3.63) is 94.2 Å². The van der Waals surface area contributed by atoms with E-state index in [2.05, 4.69) is 47.9 Å². The summed E-state index contributed by atoms with van der Waals surface area (Å²) in [7, 11) is 0. The Labute approximate surface area is 128 Å². The first-order valence-electron chi connectivity index (χ1n) is 6.99. The van der Waals surface area contributed by atoms with Crippen LogP contribution in [0.1, 0.15) is 21.9 Å². The molecule has 1 aliphatic rings. The molecule has 0 fully saturated rings. The largest absolute Gasteiger partial charge is 0.457 e. The van der Waals surface area contributed by atoms with Crippen LogP contribution in [0, 0.1) is 0 Å². The van der Waals surface area contributed by atoms with E-state index < -0.39 is 0 Å². The Balaban J connectivity index is 1.85. The number of fused-ring (bicyclic) bond motifs is 1. The molecular weight excluding hydrogens is 276 g/mol. The van der Waals surface area contributed by atoms with Crippen molar-refractivity contribution < 1.29 is 4.74 Å². The van der Waals surface area contributed by atoms with Crippen LogP contribution in [-0.2, 0) is 0 Å². The quantitative estimate of drug-likeness (QED) is 0.621. The van der Waals surface area contributed by atoms with Gasteiger partial charge in [-0.1, -0.05) is 54.6 Å². The lowest BCUT2D eigenvalue weighted by Crippen LogP contribution is -2.09. The van der Waals surface area contributed by atoms with E-state index in [-0.39, 0.29) is 5.92 Å². The van der Waals surface area contributed by atoms with Crippen LogP contribution in [0.4, 0.5) is 0 Å². The minimum absolute atomic E-state index is 0.269. The van der Waals surface area contributed by atoms with Gasteiger partial charge < -0.3 is 4.74 Å². The Kier molecular flexibility index (Phi) is 3.09. The lowest BCUT2D eigenvalue weighted by Gasteiger charge is -2.24. The van der Waals surface area contributed by atoms with Crippen molar-refractivity contribution in [1.29, 1.82) is 0 Å². The van der Waals surface area contributed by atoms with Crippen LogP contribution in [0.15, 0.2) is 78.2 Å². The number of ether oxygens (including phenoxy) is 1. The predicted octanol–water partition coefficient (Wildman–Crippen LogP) is 5.31. The molecule has 4 rings (SSSR count). The summed E-state index contributed by atoms with van der Waals surface area (Å²) in [5.74, 6) is 2.16. The third kappa shape index (κ3) is 2.28.